The Bertz CT molecular complexity index is 137. The van der Waals surface area contributed by atoms with Crippen LogP contribution in [0.2, 0.25) is 0 Å². The van der Waals surface area contributed by atoms with Crippen LogP contribution in [0.5, 0.6) is 0 Å². The first-order chi connectivity index (χ1) is 5.75. The molecule has 4 unspecified atom stereocenters. The second-order valence-corrected chi connectivity index (χ2v) is 5.01. The molecule has 2 fully saturated rings. The van der Waals surface area contributed by atoms with Crippen LogP contribution in [0.1, 0.15) is 45.4 Å². The first-order valence-electron chi connectivity index (χ1n) is 5.51. The van der Waals surface area contributed by atoms with Crippen LogP contribution in [0, 0.1) is 17.8 Å². The maximum absolute atomic E-state index is 5.98. The molecule has 2 aliphatic rings. The molecular weight excluding hydrogens is 146 g/mol. The quantitative estimate of drug-likeness (QED) is 0.589. The molecule has 0 aliphatic heterocycles. The van der Waals surface area contributed by atoms with Gasteiger partial charge in [-0.05, 0) is 49.9 Å². The smallest absolute Gasteiger partial charge is 0.00416 e. The van der Waals surface area contributed by atoms with E-state index in [1.165, 1.54) is 38.5 Å². The predicted molar refractivity (Wildman–Crippen MR) is 51.8 cm³/mol. The van der Waals surface area contributed by atoms with Crippen LogP contribution < -0.4 is 5.73 Å². The standard InChI is InChI=1S/C11H21N/c1-8-2-3-10-7-11(12)5-4-9(10)6-8/h8-11H,2-7,12H2,1H3. The lowest BCUT2D eigenvalue weighted by Gasteiger charge is -2.40. The van der Waals surface area contributed by atoms with Crippen LogP contribution in [-0.2, 0) is 0 Å². The molecule has 0 bridgehead atoms. The molecule has 0 aromatic rings. The summed E-state index contributed by atoms with van der Waals surface area (Å²) in [5.74, 6) is 3.01. The van der Waals surface area contributed by atoms with Gasteiger partial charge in [0.25, 0.3) is 0 Å². The number of fused-ring (bicyclic) bond motifs is 1. The van der Waals surface area contributed by atoms with Crippen molar-refractivity contribution >= 4 is 0 Å². The Hall–Kier alpha value is -0.0400. The molecule has 2 saturated carbocycles. The molecule has 0 heterocycles. The van der Waals surface area contributed by atoms with Crippen molar-refractivity contribution in [1.82, 2.24) is 0 Å². The van der Waals surface area contributed by atoms with E-state index < -0.39 is 0 Å². The zero-order chi connectivity index (χ0) is 8.55. The molecule has 0 spiro atoms. The van der Waals surface area contributed by atoms with Crippen molar-refractivity contribution in [3.63, 3.8) is 0 Å². The van der Waals surface area contributed by atoms with E-state index in [2.05, 4.69) is 6.92 Å². The summed E-state index contributed by atoms with van der Waals surface area (Å²) in [5.41, 5.74) is 5.98. The minimum atomic E-state index is 0.527. The first kappa shape index (κ1) is 8.55. The summed E-state index contributed by atoms with van der Waals surface area (Å²) in [6.07, 6.45) is 8.41. The van der Waals surface area contributed by atoms with E-state index in [4.69, 9.17) is 5.73 Å². The van der Waals surface area contributed by atoms with Crippen molar-refractivity contribution in [2.75, 3.05) is 0 Å². The highest BCUT2D eigenvalue weighted by molar-refractivity contribution is 4.86. The Morgan fingerprint density at radius 2 is 1.58 bits per heavy atom. The van der Waals surface area contributed by atoms with Gasteiger partial charge in [-0.15, -0.1) is 0 Å². The lowest BCUT2D eigenvalue weighted by atomic mass is 9.67. The molecule has 1 nitrogen and oxygen atoms in total. The summed E-state index contributed by atoms with van der Waals surface area (Å²) in [7, 11) is 0. The molecule has 0 radical (unpaired) electrons. The molecule has 12 heavy (non-hydrogen) atoms. The van der Waals surface area contributed by atoms with Gasteiger partial charge in [0.05, 0.1) is 0 Å². The van der Waals surface area contributed by atoms with E-state index in [1.807, 2.05) is 0 Å². The van der Waals surface area contributed by atoms with Gasteiger partial charge in [0.2, 0.25) is 0 Å². The average Bonchev–Trinajstić information content (AvgIpc) is 2.05. The number of hydrogen-bond donors (Lipinski definition) is 1. The number of nitrogens with two attached hydrogens (primary N) is 1. The molecule has 0 saturated heterocycles. The van der Waals surface area contributed by atoms with Crippen molar-refractivity contribution in [1.29, 1.82) is 0 Å². The van der Waals surface area contributed by atoms with Gasteiger partial charge in [0.1, 0.15) is 0 Å². The van der Waals surface area contributed by atoms with E-state index in [-0.39, 0.29) is 0 Å². The third kappa shape index (κ3) is 1.66. The Balaban J connectivity index is 1.94. The molecule has 1 heteroatoms. The van der Waals surface area contributed by atoms with E-state index >= 15 is 0 Å². The summed E-state index contributed by atoms with van der Waals surface area (Å²) in [4.78, 5) is 0. The monoisotopic (exact) mass is 167 g/mol. The summed E-state index contributed by atoms with van der Waals surface area (Å²) >= 11 is 0. The minimum Gasteiger partial charge on any atom is -0.328 e. The molecule has 2 aliphatic carbocycles. The molecule has 4 atom stereocenters. The van der Waals surface area contributed by atoms with Gasteiger partial charge in [-0.2, -0.15) is 0 Å². The second kappa shape index (κ2) is 3.37. The zero-order valence-electron chi connectivity index (χ0n) is 8.13. The SMILES string of the molecule is CC1CCC2CC(N)CCC2C1. The van der Waals surface area contributed by atoms with Gasteiger partial charge in [-0.1, -0.05) is 13.3 Å². The topological polar surface area (TPSA) is 26.0 Å². The molecule has 0 amide bonds. The maximum Gasteiger partial charge on any atom is 0.00416 e. The fourth-order valence-electron chi connectivity index (χ4n) is 3.16. The van der Waals surface area contributed by atoms with E-state index in [1.54, 1.807) is 0 Å². The Kier molecular flexibility index (Phi) is 2.40. The van der Waals surface area contributed by atoms with Crippen LogP contribution >= 0.6 is 0 Å². The van der Waals surface area contributed by atoms with Crippen LogP contribution in [0.3, 0.4) is 0 Å². The summed E-state index contributed by atoms with van der Waals surface area (Å²) in [6.45, 7) is 2.41. The van der Waals surface area contributed by atoms with Gasteiger partial charge in [-0.25, -0.2) is 0 Å². The lowest BCUT2D eigenvalue weighted by molar-refractivity contribution is 0.126. The summed E-state index contributed by atoms with van der Waals surface area (Å²) in [6, 6.07) is 0.527. The number of rotatable bonds is 0. The third-order valence-corrected chi connectivity index (χ3v) is 3.92. The number of hydrogen-bond acceptors (Lipinski definition) is 1. The fourth-order valence-corrected chi connectivity index (χ4v) is 3.16. The van der Waals surface area contributed by atoms with Crippen LogP contribution in [0.25, 0.3) is 0 Å². The van der Waals surface area contributed by atoms with Crippen LogP contribution in [0.15, 0.2) is 0 Å². The molecule has 2 N–H and O–H groups in total. The van der Waals surface area contributed by atoms with Gasteiger partial charge < -0.3 is 5.73 Å². The van der Waals surface area contributed by atoms with Crippen LogP contribution in [0.4, 0.5) is 0 Å². The molecule has 70 valence electrons. The van der Waals surface area contributed by atoms with E-state index in [0.29, 0.717) is 6.04 Å². The molecular formula is C11H21N. The Morgan fingerprint density at radius 3 is 2.42 bits per heavy atom. The maximum atomic E-state index is 5.98. The van der Waals surface area contributed by atoms with Gasteiger partial charge in [-0.3, -0.25) is 0 Å². The lowest BCUT2D eigenvalue weighted by Crippen LogP contribution is -2.36. The van der Waals surface area contributed by atoms with E-state index in [9.17, 15) is 0 Å². The van der Waals surface area contributed by atoms with Crippen molar-refractivity contribution in [3.05, 3.63) is 0 Å². The highest BCUT2D eigenvalue weighted by Crippen LogP contribution is 2.41. The van der Waals surface area contributed by atoms with Gasteiger partial charge in [0, 0.05) is 6.04 Å². The summed E-state index contributed by atoms with van der Waals surface area (Å²) < 4.78 is 0. The minimum absolute atomic E-state index is 0.527. The molecule has 0 aromatic heterocycles. The van der Waals surface area contributed by atoms with Crippen molar-refractivity contribution < 1.29 is 0 Å². The van der Waals surface area contributed by atoms with E-state index in [0.717, 1.165) is 17.8 Å². The molecule has 0 aromatic carbocycles. The van der Waals surface area contributed by atoms with Crippen LogP contribution in [-0.4, -0.2) is 6.04 Å². The van der Waals surface area contributed by atoms with Crippen molar-refractivity contribution in [2.24, 2.45) is 23.5 Å². The summed E-state index contributed by atoms with van der Waals surface area (Å²) in [5, 5.41) is 0. The van der Waals surface area contributed by atoms with Crippen molar-refractivity contribution in [3.8, 4) is 0 Å². The Morgan fingerprint density at radius 1 is 0.917 bits per heavy atom. The normalized spacial score (nSPS) is 48.5. The highest BCUT2D eigenvalue weighted by Gasteiger charge is 2.32. The third-order valence-electron chi connectivity index (χ3n) is 3.92. The largest absolute Gasteiger partial charge is 0.328 e. The van der Waals surface area contributed by atoms with Gasteiger partial charge >= 0.3 is 0 Å². The van der Waals surface area contributed by atoms with Gasteiger partial charge in [0.15, 0.2) is 0 Å². The second-order valence-electron chi connectivity index (χ2n) is 5.01. The molecule has 2 rings (SSSR count). The average molecular weight is 167 g/mol. The van der Waals surface area contributed by atoms with Crippen molar-refractivity contribution in [2.45, 2.75) is 51.5 Å². The first-order valence-corrected chi connectivity index (χ1v) is 5.51. The predicted octanol–water partition coefficient (Wildman–Crippen LogP) is 2.55. The fraction of sp³-hybridized carbons (Fsp3) is 1.00. The highest BCUT2D eigenvalue weighted by atomic mass is 14.6. The zero-order valence-corrected chi connectivity index (χ0v) is 8.13. The Labute approximate surface area is 75.7 Å².